The highest BCUT2D eigenvalue weighted by Crippen LogP contribution is 2.20. The van der Waals surface area contributed by atoms with Crippen molar-refractivity contribution in [1.82, 2.24) is 5.32 Å². The summed E-state index contributed by atoms with van der Waals surface area (Å²) in [6.07, 6.45) is 2.01. The van der Waals surface area contributed by atoms with Crippen molar-refractivity contribution in [3.05, 3.63) is 0 Å². The predicted molar refractivity (Wildman–Crippen MR) is 56.0 cm³/mol. The van der Waals surface area contributed by atoms with E-state index in [1.165, 1.54) is 0 Å². The number of rotatable bonds is 1. The van der Waals surface area contributed by atoms with Crippen LogP contribution >= 0.6 is 0 Å². The number of hydrogen-bond donors (Lipinski definition) is 1. The molecule has 0 unspecified atom stereocenters. The summed E-state index contributed by atoms with van der Waals surface area (Å²) < 4.78 is 5.37. The lowest BCUT2D eigenvalue weighted by atomic mass is 9.92. The van der Waals surface area contributed by atoms with E-state index in [0.29, 0.717) is 0 Å². The first-order valence-electron chi connectivity index (χ1n) is 5.36. The molecule has 1 N–H and O–H groups in total. The van der Waals surface area contributed by atoms with Crippen LogP contribution in [-0.4, -0.2) is 24.2 Å². The number of carbonyl (C=O) groups is 1. The fourth-order valence-corrected chi connectivity index (χ4v) is 1.74. The minimum absolute atomic E-state index is 0.0305. The Hall–Kier alpha value is -0.570. The molecule has 14 heavy (non-hydrogen) atoms. The topological polar surface area (TPSA) is 38.3 Å². The average Bonchev–Trinajstić information content (AvgIpc) is 2.01. The molecule has 0 aromatic carbocycles. The Morgan fingerprint density at radius 3 is 2.57 bits per heavy atom. The highest BCUT2D eigenvalue weighted by molar-refractivity contribution is 5.73. The maximum atomic E-state index is 11.8. The van der Waals surface area contributed by atoms with Gasteiger partial charge in [-0.25, -0.2) is 0 Å². The van der Waals surface area contributed by atoms with Crippen LogP contribution in [0.25, 0.3) is 0 Å². The molecule has 0 aliphatic carbocycles. The van der Waals surface area contributed by atoms with Crippen molar-refractivity contribution in [3.63, 3.8) is 0 Å². The molecule has 0 spiro atoms. The van der Waals surface area contributed by atoms with Crippen LogP contribution < -0.4 is 5.32 Å². The van der Waals surface area contributed by atoms with Gasteiger partial charge in [0.1, 0.15) is 5.60 Å². The summed E-state index contributed by atoms with van der Waals surface area (Å²) in [4.78, 5) is 11.8. The van der Waals surface area contributed by atoms with Gasteiger partial charge in [-0.1, -0.05) is 0 Å². The minimum atomic E-state index is -0.367. The van der Waals surface area contributed by atoms with Crippen molar-refractivity contribution in [2.24, 2.45) is 5.92 Å². The number of ether oxygens (including phenoxy) is 1. The molecule has 2 atom stereocenters. The Morgan fingerprint density at radius 2 is 2.07 bits per heavy atom. The molecule has 1 heterocycles. The van der Waals surface area contributed by atoms with Crippen LogP contribution in [0.1, 0.15) is 40.5 Å². The van der Waals surface area contributed by atoms with Gasteiger partial charge in [0.05, 0.1) is 5.92 Å². The monoisotopic (exact) mass is 199 g/mol. The van der Waals surface area contributed by atoms with Gasteiger partial charge in [0.25, 0.3) is 0 Å². The van der Waals surface area contributed by atoms with Crippen molar-refractivity contribution in [1.29, 1.82) is 0 Å². The van der Waals surface area contributed by atoms with Crippen molar-refractivity contribution in [3.8, 4) is 0 Å². The van der Waals surface area contributed by atoms with Gasteiger partial charge in [-0.15, -0.1) is 0 Å². The molecule has 0 bridgehead atoms. The summed E-state index contributed by atoms with van der Waals surface area (Å²) in [6.45, 7) is 8.79. The van der Waals surface area contributed by atoms with Gasteiger partial charge < -0.3 is 10.1 Å². The Morgan fingerprint density at radius 1 is 1.43 bits per heavy atom. The van der Waals surface area contributed by atoms with E-state index < -0.39 is 0 Å². The smallest absolute Gasteiger partial charge is 0.311 e. The molecule has 3 heteroatoms. The van der Waals surface area contributed by atoms with E-state index >= 15 is 0 Å². The van der Waals surface area contributed by atoms with Gasteiger partial charge in [-0.05, 0) is 47.1 Å². The third kappa shape index (κ3) is 3.29. The number of nitrogens with one attached hydrogen (secondary N) is 1. The molecule has 1 fully saturated rings. The van der Waals surface area contributed by atoms with Crippen molar-refractivity contribution in [2.75, 3.05) is 6.54 Å². The molecule has 0 aromatic heterocycles. The molecule has 3 nitrogen and oxygen atoms in total. The number of piperidine rings is 1. The normalized spacial score (nSPS) is 28.6. The molecule has 0 amide bonds. The second-order valence-electron chi connectivity index (χ2n) is 5.02. The van der Waals surface area contributed by atoms with Crippen LogP contribution in [0.2, 0.25) is 0 Å². The van der Waals surface area contributed by atoms with Gasteiger partial charge in [-0.3, -0.25) is 4.79 Å². The van der Waals surface area contributed by atoms with Crippen LogP contribution in [0.4, 0.5) is 0 Å². The summed E-state index contributed by atoms with van der Waals surface area (Å²) in [7, 11) is 0. The first kappa shape index (κ1) is 11.5. The molecule has 1 aliphatic rings. The SMILES string of the molecule is C[C@@H]1NCCC[C@@H]1C(=O)OC(C)(C)C. The Kier molecular flexibility index (Phi) is 3.53. The summed E-state index contributed by atoms with van der Waals surface area (Å²) in [5.41, 5.74) is -0.367. The molecular weight excluding hydrogens is 178 g/mol. The zero-order valence-corrected chi connectivity index (χ0v) is 9.59. The lowest BCUT2D eigenvalue weighted by molar-refractivity contribution is -0.161. The number of hydrogen-bond acceptors (Lipinski definition) is 3. The van der Waals surface area contributed by atoms with Gasteiger partial charge in [0.2, 0.25) is 0 Å². The number of esters is 1. The highest BCUT2D eigenvalue weighted by Gasteiger charge is 2.31. The van der Waals surface area contributed by atoms with Gasteiger partial charge >= 0.3 is 5.97 Å². The van der Waals surface area contributed by atoms with Crippen LogP contribution in [0.15, 0.2) is 0 Å². The van der Waals surface area contributed by atoms with Crippen molar-refractivity contribution < 1.29 is 9.53 Å². The van der Waals surface area contributed by atoms with E-state index in [2.05, 4.69) is 5.32 Å². The van der Waals surface area contributed by atoms with E-state index in [-0.39, 0.29) is 23.5 Å². The van der Waals surface area contributed by atoms with Gasteiger partial charge in [0.15, 0.2) is 0 Å². The quantitative estimate of drug-likeness (QED) is 0.653. The zero-order valence-electron chi connectivity index (χ0n) is 9.59. The summed E-state index contributed by atoms with van der Waals surface area (Å²) in [5, 5.41) is 3.30. The fourth-order valence-electron chi connectivity index (χ4n) is 1.74. The third-order valence-electron chi connectivity index (χ3n) is 2.47. The summed E-state index contributed by atoms with van der Waals surface area (Å²) in [5.74, 6) is -0.0276. The van der Waals surface area contributed by atoms with E-state index in [0.717, 1.165) is 19.4 Å². The molecular formula is C11H21NO2. The van der Waals surface area contributed by atoms with Crippen molar-refractivity contribution in [2.45, 2.75) is 52.2 Å². The molecule has 1 aliphatic heterocycles. The molecule has 1 rings (SSSR count). The molecule has 0 saturated carbocycles. The highest BCUT2D eigenvalue weighted by atomic mass is 16.6. The Bertz CT molecular complexity index is 208. The number of carbonyl (C=O) groups excluding carboxylic acids is 1. The van der Waals surface area contributed by atoms with Crippen LogP contribution in [-0.2, 0) is 9.53 Å². The maximum Gasteiger partial charge on any atom is 0.311 e. The predicted octanol–water partition coefficient (Wildman–Crippen LogP) is 1.72. The second-order valence-corrected chi connectivity index (χ2v) is 5.02. The largest absolute Gasteiger partial charge is 0.460 e. The van der Waals surface area contributed by atoms with Gasteiger partial charge in [0, 0.05) is 6.04 Å². The van der Waals surface area contributed by atoms with E-state index in [1.807, 2.05) is 27.7 Å². The molecule has 0 radical (unpaired) electrons. The average molecular weight is 199 g/mol. The molecule has 82 valence electrons. The Balaban J connectivity index is 2.50. The van der Waals surface area contributed by atoms with Gasteiger partial charge in [-0.2, -0.15) is 0 Å². The lowest BCUT2D eigenvalue weighted by Gasteiger charge is -2.31. The maximum absolute atomic E-state index is 11.8. The first-order valence-corrected chi connectivity index (χ1v) is 5.36. The van der Waals surface area contributed by atoms with Crippen molar-refractivity contribution >= 4 is 5.97 Å². The zero-order chi connectivity index (χ0) is 10.8. The summed E-state index contributed by atoms with van der Waals surface area (Å²) >= 11 is 0. The fraction of sp³-hybridized carbons (Fsp3) is 0.909. The molecule has 0 aromatic rings. The van der Waals surface area contributed by atoms with E-state index in [9.17, 15) is 4.79 Å². The van der Waals surface area contributed by atoms with Crippen LogP contribution in [0.3, 0.4) is 0 Å². The summed E-state index contributed by atoms with van der Waals surface area (Å²) in [6, 6.07) is 0.249. The lowest BCUT2D eigenvalue weighted by Crippen LogP contribution is -2.44. The second kappa shape index (κ2) is 4.30. The molecule has 1 saturated heterocycles. The van der Waals surface area contributed by atoms with E-state index in [4.69, 9.17) is 4.74 Å². The first-order chi connectivity index (χ1) is 6.40. The van der Waals surface area contributed by atoms with E-state index in [1.54, 1.807) is 0 Å². The van der Waals surface area contributed by atoms with Crippen LogP contribution in [0, 0.1) is 5.92 Å². The standard InChI is InChI=1S/C11H21NO2/c1-8-9(6-5-7-12-8)10(13)14-11(2,3)4/h8-9,12H,5-7H2,1-4H3/t8-,9-/m0/s1. The Labute approximate surface area is 86.2 Å². The third-order valence-corrected chi connectivity index (χ3v) is 2.47. The van der Waals surface area contributed by atoms with Crippen LogP contribution in [0.5, 0.6) is 0 Å². The minimum Gasteiger partial charge on any atom is -0.460 e.